The summed E-state index contributed by atoms with van der Waals surface area (Å²) in [5.74, 6) is -1.42. The van der Waals surface area contributed by atoms with Crippen molar-refractivity contribution in [2.45, 2.75) is 19.4 Å². The molecule has 0 aromatic carbocycles. The molecule has 0 fully saturated rings. The van der Waals surface area contributed by atoms with Gasteiger partial charge in [0.25, 0.3) is 0 Å². The van der Waals surface area contributed by atoms with Crippen LogP contribution in [0.1, 0.15) is 13.8 Å². The van der Waals surface area contributed by atoms with E-state index in [4.69, 9.17) is 5.11 Å². The highest BCUT2D eigenvalue weighted by Crippen LogP contribution is 2.00. The number of carbonyl (C=O) groups is 1. The molecular weight excluding hydrogens is 218 g/mol. The summed E-state index contributed by atoms with van der Waals surface area (Å²) in [5, 5.41) is 11.3. The summed E-state index contributed by atoms with van der Waals surface area (Å²) >= 11 is 0. The van der Waals surface area contributed by atoms with E-state index in [1.807, 2.05) is 0 Å². The van der Waals surface area contributed by atoms with E-state index in [1.165, 1.54) is 6.08 Å². The molecule has 0 aliphatic carbocycles. The predicted octanol–water partition coefficient (Wildman–Crippen LogP) is -0.526. The second-order valence-electron chi connectivity index (χ2n) is 3.93. The van der Waals surface area contributed by atoms with Gasteiger partial charge in [0, 0.05) is 0 Å². The second-order valence-corrected chi connectivity index (χ2v) is 6.04. The van der Waals surface area contributed by atoms with Crippen LogP contribution in [0.5, 0.6) is 0 Å². The van der Waals surface area contributed by atoms with Crippen LogP contribution in [-0.2, 0) is 14.6 Å². The smallest absolute Gasteiger partial charge is 0.235 e. The summed E-state index contributed by atoms with van der Waals surface area (Å²) in [4.78, 5) is 11.3. The van der Waals surface area contributed by atoms with Crippen molar-refractivity contribution in [2.75, 3.05) is 18.1 Å². The molecule has 0 heterocycles. The predicted molar refractivity (Wildman–Crippen MR) is 58.2 cm³/mol. The number of sulfone groups is 1. The lowest BCUT2D eigenvalue weighted by Crippen LogP contribution is -2.48. The summed E-state index contributed by atoms with van der Waals surface area (Å²) in [6.45, 7) is 6.25. The molecule has 0 rings (SSSR count). The van der Waals surface area contributed by atoms with Crippen LogP contribution in [0.15, 0.2) is 12.7 Å². The zero-order valence-electron chi connectivity index (χ0n) is 8.99. The van der Waals surface area contributed by atoms with E-state index >= 15 is 0 Å². The molecule has 15 heavy (non-hydrogen) atoms. The van der Waals surface area contributed by atoms with Crippen molar-refractivity contribution in [3.05, 3.63) is 12.7 Å². The number of aliphatic hydroxyl groups is 1. The van der Waals surface area contributed by atoms with Gasteiger partial charge in [-0.15, -0.1) is 6.58 Å². The number of hydrogen-bond donors (Lipinski definition) is 2. The SMILES string of the molecule is C=CCS(=O)(=O)CC(=O)NC(C)(C)CO. The molecule has 0 atom stereocenters. The number of nitrogens with one attached hydrogen (secondary N) is 1. The van der Waals surface area contributed by atoms with E-state index in [0.29, 0.717) is 0 Å². The van der Waals surface area contributed by atoms with Crippen molar-refractivity contribution in [3.8, 4) is 0 Å². The summed E-state index contributed by atoms with van der Waals surface area (Å²) in [7, 11) is -3.42. The fraction of sp³-hybridized carbons (Fsp3) is 0.667. The number of amides is 1. The van der Waals surface area contributed by atoms with Crippen molar-refractivity contribution in [2.24, 2.45) is 0 Å². The highest BCUT2D eigenvalue weighted by atomic mass is 32.2. The van der Waals surface area contributed by atoms with Gasteiger partial charge in [0.2, 0.25) is 5.91 Å². The summed E-state index contributed by atoms with van der Waals surface area (Å²) < 4.78 is 22.4. The maximum absolute atomic E-state index is 11.3. The monoisotopic (exact) mass is 235 g/mol. The van der Waals surface area contributed by atoms with E-state index in [0.717, 1.165) is 0 Å². The van der Waals surface area contributed by atoms with Gasteiger partial charge in [0.05, 0.1) is 17.9 Å². The average Bonchev–Trinajstić information content (AvgIpc) is 2.01. The fourth-order valence-electron chi connectivity index (χ4n) is 0.891. The Balaban J connectivity index is 4.33. The second kappa shape index (κ2) is 5.27. The van der Waals surface area contributed by atoms with E-state index in [9.17, 15) is 13.2 Å². The average molecular weight is 235 g/mol. The molecule has 0 bridgehead atoms. The van der Waals surface area contributed by atoms with Crippen LogP contribution < -0.4 is 5.32 Å². The first kappa shape index (κ1) is 14.1. The molecule has 0 radical (unpaired) electrons. The Hall–Kier alpha value is -0.880. The molecule has 0 saturated heterocycles. The van der Waals surface area contributed by atoms with Gasteiger partial charge in [0.1, 0.15) is 5.75 Å². The highest BCUT2D eigenvalue weighted by molar-refractivity contribution is 7.92. The first-order valence-electron chi connectivity index (χ1n) is 4.45. The first-order chi connectivity index (χ1) is 6.72. The number of hydrogen-bond acceptors (Lipinski definition) is 4. The zero-order chi connectivity index (χ0) is 12.1. The Bertz CT molecular complexity index is 332. The van der Waals surface area contributed by atoms with Crippen LogP contribution in [-0.4, -0.2) is 43.1 Å². The molecule has 2 N–H and O–H groups in total. The fourth-order valence-corrected chi connectivity index (χ4v) is 1.84. The first-order valence-corrected chi connectivity index (χ1v) is 6.28. The number of aliphatic hydroxyl groups excluding tert-OH is 1. The van der Waals surface area contributed by atoms with Gasteiger partial charge < -0.3 is 10.4 Å². The molecule has 0 aliphatic rings. The van der Waals surface area contributed by atoms with Crippen molar-refractivity contribution >= 4 is 15.7 Å². The molecule has 6 heteroatoms. The molecular formula is C9H17NO4S. The van der Waals surface area contributed by atoms with Crippen LogP contribution in [0.3, 0.4) is 0 Å². The van der Waals surface area contributed by atoms with Crippen molar-refractivity contribution in [1.82, 2.24) is 5.32 Å². The van der Waals surface area contributed by atoms with Gasteiger partial charge in [-0.25, -0.2) is 8.42 Å². The van der Waals surface area contributed by atoms with E-state index in [2.05, 4.69) is 11.9 Å². The lowest BCUT2D eigenvalue weighted by atomic mass is 10.1. The molecule has 0 aromatic heterocycles. The molecule has 0 unspecified atom stereocenters. The minimum absolute atomic E-state index is 0.222. The third-order valence-electron chi connectivity index (χ3n) is 1.60. The van der Waals surface area contributed by atoms with Gasteiger partial charge >= 0.3 is 0 Å². The van der Waals surface area contributed by atoms with Gasteiger partial charge in [0.15, 0.2) is 9.84 Å². The Morgan fingerprint density at radius 3 is 2.47 bits per heavy atom. The van der Waals surface area contributed by atoms with E-state index < -0.39 is 27.0 Å². The zero-order valence-corrected chi connectivity index (χ0v) is 9.80. The van der Waals surface area contributed by atoms with Gasteiger partial charge in [-0.1, -0.05) is 6.08 Å². The maximum atomic E-state index is 11.3. The highest BCUT2D eigenvalue weighted by Gasteiger charge is 2.22. The van der Waals surface area contributed by atoms with Crippen LogP contribution in [0.25, 0.3) is 0 Å². The lowest BCUT2D eigenvalue weighted by molar-refractivity contribution is -0.120. The van der Waals surface area contributed by atoms with Crippen LogP contribution in [0, 0.1) is 0 Å². The Kier molecular flexibility index (Phi) is 4.96. The standard InChI is InChI=1S/C9H17NO4S/c1-4-5-15(13,14)6-8(12)10-9(2,3)7-11/h4,11H,1,5-7H2,2-3H3,(H,10,12). The van der Waals surface area contributed by atoms with Crippen molar-refractivity contribution in [1.29, 1.82) is 0 Å². The molecule has 0 aliphatic heterocycles. The minimum Gasteiger partial charge on any atom is -0.394 e. The van der Waals surface area contributed by atoms with Crippen LogP contribution in [0.4, 0.5) is 0 Å². The lowest BCUT2D eigenvalue weighted by Gasteiger charge is -2.23. The molecule has 0 spiro atoms. The van der Waals surface area contributed by atoms with E-state index in [-0.39, 0.29) is 12.4 Å². The Morgan fingerprint density at radius 2 is 2.07 bits per heavy atom. The Labute approximate surface area is 90.1 Å². The maximum Gasteiger partial charge on any atom is 0.235 e. The van der Waals surface area contributed by atoms with Gasteiger partial charge in [-0.05, 0) is 13.8 Å². The number of rotatable bonds is 6. The Morgan fingerprint density at radius 1 is 1.53 bits per heavy atom. The molecule has 5 nitrogen and oxygen atoms in total. The molecule has 0 saturated carbocycles. The third kappa shape index (κ3) is 6.24. The molecule has 0 aromatic rings. The van der Waals surface area contributed by atoms with Gasteiger partial charge in [-0.3, -0.25) is 4.79 Å². The quantitative estimate of drug-likeness (QED) is 0.606. The molecule has 1 amide bonds. The van der Waals surface area contributed by atoms with Crippen molar-refractivity contribution < 1.29 is 18.3 Å². The molecule has 88 valence electrons. The number of carbonyl (C=O) groups excluding carboxylic acids is 1. The van der Waals surface area contributed by atoms with E-state index in [1.54, 1.807) is 13.8 Å². The summed E-state index contributed by atoms with van der Waals surface area (Å²) in [6.07, 6.45) is 1.24. The topological polar surface area (TPSA) is 83.5 Å². The van der Waals surface area contributed by atoms with Crippen LogP contribution >= 0.6 is 0 Å². The minimum atomic E-state index is -3.42. The normalized spacial score (nSPS) is 12.2. The van der Waals surface area contributed by atoms with Crippen LogP contribution in [0.2, 0.25) is 0 Å². The largest absolute Gasteiger partial charge is 0.394 e. The summed E-state index contributed by atoms with van der Waals surface area (Å²) in [6, 6.07) is 0. The summed E-state index contributed by atoms with van der Waals surface area (Å²) in [5.41, 5.74) is -0.805. The van der Waals surface area contributed by atoms with Crippen molar-refractivity contribution in [3.63, 3.8) is 0 Å². The van der Waals surface area contributed by atoms with Gasteiger partial charge in [-0.2, -0.15) is 0 Å². The third-order valence-corrected chi connectivity index (χ3v) is 3.04.